The lowest BCUT2D eigenvalue weighted by molar-refractivity contribution is -0.147. The maximum atomic E-state index is 11.7. The molecule has 88 valence electrons. The van der Waals surface area contributed by atoms with Crippen LogP contribution in [0.5, 0.6) is 0 Å². The maximum absolute atomic E-state index is 11.7. The number of nitrogens with one attached hydrogen (secondary N) is 1. The summed E-state index contributed by atoms with van der Waals surface area (Å²) in [6.45, 7) is 3.65. The van der Waals surface area contributed by atoms with Gasteiger partial charge in [0.25, 0.3) is 0 Å². The normalized spacial score (nSPS) is 24.6. The molecule has 0 bridgehead atoms. The highest BCUT2D eigenvalue weighted by molar-refractivity contribution is 9.10. The molecule has 1 aliphatic heterocycles. The van der Waals surface area contributed by atoms with Gasteiger partial charge in [0.15, 0.2) is 4.67 Å². The maximum Gasteiger partial charge on any atom is 0.311 e. The summed E-state index contributed by atoms with van der Waals surface area (Å²) in [7, 11) is 0. The minimum atomic E-state index is -0.148. The summed E-state index contributed by atoms with van der Waals surface area (Å²) in [5, 5.41) is 3.19. The van der Waals surface area contributed by atoms with E-state index in [2.05, 4.69) is 21.2 Å². The van der Waals surface area contributed by atoms with Gasteiger partial charge in [-0.25, -0.2) is 0 Å². The molecule has 2 unspecified atom stereocenters. The first-order valence-corrected chi connectivity index (χ1v) is 6.14. The Balaban J connectivity index is 2.11. The molecule has 1 N–H and O–H groups in total. The van der Waals surface area contributed by atoms with Gasteiger partial charge in [0, 0.05) is 19.0 Å². The third-order valence-electron chi connectivity index (χ3n) is 2.76. The predicted molar refractivity (Wildman–Crippen MR) is 62.1 cm³/mol. The largest absolute Gasteiger partial charge is 0.466 e. The van der Waals surface area contributed by atoms with Crippen molar-refractivity contribution in [3.8, 4) is 0 Å². The van der Waals surface area contributed by atoms with Gasteiger partial charge in [-0.15, -0.1) is 0 Å². The van der Waals surface area contributed by atoms with Gasteiger partial charge in [-0.05, 0) is 35.0 Å². The van der Waals surface area contributed by atoms with E-state index in [1.807, 2.05) is 19.1 Å². The molecule has 2 atom stereocenters. The lowest BCUT2D eigenvalue weighted by atomic mass is 9.94. The molecule has 0 spiro atoms. The van der Waals surface area contributed by atoms with Crippen LogP contribution in [0, 0.1) is 5.92 Å². The first-order valence-electron chi connectivity index (χ1n) is 5.35. The first-order chi connectivity index (χ1) is 7.72. The quantitative estimate of drug-likeness (QED) is 0.863. The van der Waals surface area contributed by atoms with Crippen LogP contribution in [-0.4, -0.2) is 25.7 Å². The number of carbonyl (C=O) groups is 1. The van der Waals surface area contributed by atoms with Crippen LogP contribution in [0.4, 0.5) is 0 Å². The summed E-state index contributed by atoms with van der Waals surface area (Å²) in [6.07, 6.45) is 0. The van der Waals surface area contributed by atoms with Crippen LogP contribution in [0.2, 0.25) is 0 Å². The SMILES string of the molecule is CCOC(=O)C1CNCC1c1ccc(Br)o1. The molecule has 1 aliphatic rings. The van der Waals surface area contributed by atoms with Gasteiger partial charge in [0.05, 0.1) is 12.5 Å². The van der Waals surface area contributed by atoms with Crippen LogP contribution in [0.3, 0.4) is 0 Å². The van der Waals surface area contributed by atoms with Crippen LogP contribution in [-0.2, 0) is 9.53 Å². The van der Waals surface area contributed by atoms with Crippen LogP contribution < -0.4 is 5.32 Å². The second kappa shape index (κ2) is 5.01. The molecule has 1 aromatic heterocycles. The van der Waals surface area contributed by atoms with Gasteiger partial charge in [0.1, 0.15) is 5.76 Å². The fourth-order valence-corrected chi connectivity index (χ4v) is 2.32. The second-order valence-electron chi connectivity index (χ2n) is 3.77. The molecule has 1 saturated heterocycles. The van der Waals surface area contributed by atoms with Crippen molar-refractivity contribution >= 4 is 21.9 Å². The highest BCUT2D eigenvalue weighted by Crippen LogP contribution is 2.31. The molecule has 4 nitrogen and oxygen atoms in total. The van der Waals surface area contributed by atoms with Crippen LogP contribution in [0.15, 0.2) is 21.2 Å². The molecule has 5 heteroatoms. The summed E-state index contributed by atoms with van der Waals surface area (Å²) in [5.41, 5.74) is 0. The standard InChI is InChI=1S/C11H14BrNO3/c1-2-15-11(14)8-6-13-5-7(8)9-3-4-10(12)16-9/h3-4,7-8,13H,2,5-6H2,1H3. The Morgan fingerprint density at radius 3 is 3.06 bits per heavy atom. The van der Waals surface area contributed by atoms with Crippen molar-refractivity contribution in [3.63, 3.8) is 0 Å². The number of hydrogen-bond donors (Lipinski definition) is 1. The summed E-state index contributed by atoms with van der Waals surface area (Å²) >= 11 is 3.26. The van der Waals surface area contributed by atoms with Gasteiger partial charge < -0.3 is 14.5 Å². The Hall–Kier alpha value is -0.810. The van der Waals surface area contributed by atoms with Crippen molar-refractivity contribution in [2.75, 3.05) is 19.7 Å². The summed E-state index contributed by atoms with van der Waals surface area (Å²) < 4.78 is 11.2. The molecule has 0 aromatic carbocycles. The number of ether oxygens (including phenoxy) is 1. The van der Waals surface area contributed by atoms with Crippen LogP contribution >= 0.6 is 15.9 Å². The average molecular weight is 288 g/mol. The first kappa shape index (κ1) is 11.7. The number of rotatable bonds is 3. The number of halogens is 1. The van der Waals surface area contributed by atoms with Gasteiger partial charge in [-0.1, -0.05) is 0 Å². The monoisotopic (exact) mass is 287 g/mol. The number of furan rings is 1. The fraction of sp³-hybridized carbons (Fsp3) is 0.545. The van der Waals surface area contributed by atoms with Gasteiger partial charge in [-0.2, -0.15) is 0 Å². The molecule has 2 rings (SSSR count). The van der Waals surface area contributed by atoms with Crippen molar-refractivity contribution in [1.29, 1.82) is 0 Å². The van der Waals surface area contributed by atoms with E-state index in [0.29, 0.717) is 17.8 Å². The van der Waals surface area contributed by atoms with E-state index in [1.165, 1.54) is 0 Å². The van der Waals surface area contributed by atoms with Crippen molar-refractivity contribution in [1.82, 2.24) is 5.32 Å². The molecule has 2 heterocycles. The number of carbonyl (C=O) groups excluding carboxylic acids is 1. The minimum Gasteiger partial charge on any atom is -0.466 e. The Morgan fingerprint density at radius 1 is 1.62 bits per heavy atom. The van der Waals surface area contributed by atoms with Gasteiger partial charge in [0.2, 0.25) is 0 Å². The van der Waals surface area contributed by atoms with E-state index < -0.39 is 0 Å². The van der Waals surface area contributed by atoms with Crippen molar-refractivity contribution < 1.29 is 13.9 Å². The average Bonchev–Trinajstić information content (AvgIpc) is 2.85. The van der Waals surface area contributed by atoms with Crippen molar-refractivity contribution in [2.24, 2.45) is 5.92 Å². The van der Waals surface area contributed by atoms with Gasteiger partial charge in [-0.3, -0.25) is 4.79 Å². The zero-order valence-corrected chi connectivity index (χ0v) is 10.6. The van der Waals surface area contributed by atoms with E-state index >= 15 is 0 Å². The molecule has 0 radical (unpaired) electrons. The Kier molecular flexibility index (Phi) is 3.66. The molecular weight excluding hydrogens is 274 g/mol. The predicted octanol–water partition coefficient (Wildman–Crippen LogP) is 1.91. The molecule has 0 amide bonds. The molecule has 1 fully saturated rings. The second-order valence-corrected chi connectivity index (χ2v) is 4.55. The van der Waals surface area contributed by atoms with E-state index in [9.17, 15) is 4.79 Å². The highest BCUT2D eigenvalue weighted by Gasteiger charge is 2.36. The van der Waals surface area contributed by atoms with Crippen LogP contribution in [0.25, 0.3) is 0 Å². The highest BCUT2D eigenvalue weighted by atomic mass is 79.9. The fourth-order valence-electron chi connectivity index (χ4n) is 2.00. The zero-order valence-electron chi connectivity index (χ0n) is 9.03. The Bertz CT molecular complexity index is 377. The third kappa shape index (κ3) is 2.30. The van der Waals surface area contributed by atoms with Gasteiger partial charge >= 0.3 is 5.97 Å². The minimum absolute atomic E-state index is 0.0744. The lowest BCUT2D eigenvalue weighted by Crippen LogP contribution is -2.23. The van der Waals surface area contributed by atoms with Crippen molar-refractivity contribution in [2.45, 2.75) is 12.8 Å². The molecular formula is C11H14BrNO3. The smallest absolute Gasteiger partial charge is 0.311 e. The summed E-state index contributed by atoms with van der Waals surface area (Å²) in [5.74, 6) is 0.614. The van der Waals surface area contributed by atoms with Crippen LogP contribution in [0.1, 0.15) is 18.6 Å². The van der Waals surface area contributed by atoms with E-state index in [1.54, 1.807) is 0 Å². The van der Waals surface area contributed by atoms with Crippen molar-refractivity contribution in [3.05, 3.63) is 22.6 Å². The third-order valence-corrected chi connectivity index (χ3v) is 3.19. The van der Waals surface area contributed by atoms with E-state index in [4.69, 9.17) is 9.15 Å². The molecule has 1 aromatic rings. The zero-order chi connectivity index (χ0) is 11.5. The molecule has 0 saturated carbocycles. The summed E-state index contributed by atoms with van der Waals surface area (Å²) in [6, 6.07) is 3.74. The Morgan fingerprint density at radius 2 is 2.44 bits per heavy atom. The summed E-state index contributed by atoms with van der Waals surface area (Å²) in [4.78, 5) is 11.7. The number of hydrogen-bond acceptors (Lipinski definition) is 4. The topological polar surface area (TPSA) is 51.5 Å². The molecule has 0 aliphatic carbocycles. The lowest BCUT2D eigenvalue weighted by Gasteiger charge is -2.14. The Labute approximate surface area is 102 Å². The van der Waals surface area contributed by atoms with E-state index in [0.717, 1.165) is 12.3 Å². The molecule has 16 heavy (non-hydrogen) atoms. The van der Waals surface area contributed by atoms with E-state index in [-0.39, 0.29) is 17.8 Å². The number of esters is 1.